The van der Waals surface area contributed by atoms with Gasteiger partial charge in [0.25, 0.3) is 5.56 Å². The van der Waals surface area contributed by atoms with Crippen LogP contribution in [0.25, 0.3) is 10.8 Å². The van der Waals surface area contributed by atoms with E-state index < -0.39 is 5.97 Å². The van der Waals surface area contributed by atoms with Gasteiger partial charge in [-0.1, -0.05) is 18.2 Å². The molecule has 0 aliphatic heterocycles. The number of aromatic amines is 1. The number of nitrogens with zero attached hydrogens (tertiary/aromatic N) is 2. The zero-order valence-corrected chi connectivity index (χ0v) is 14.6. The Morgan fingerprint density at radius 3 is 2.84 bits per heavy atom. The number of hydrogen-bond acceptors (Lipinski definition) is 7. The van der Waals surface area contributed by atoms with Crippen LogP contribution in [0, 0.1) is 0 Å². The average molecular weight is 359 g/mol. The Labute approximate surface area is 147 Å². The second kappa shape index (κ2) is 7.54. The molecule has 7 nitrogen and oxygen atoms in total. The number of ether oxygens (including phenoxy) is 2. The van der Waals surface area contributed by atoms with E-state index in [2.05, 4.69) is 15.2 Å². The van der Waals surface area contributed by atoms with Gasteiger partial charge in [0.1, 0.15) is 17.7 Å². The van der Waals surface area contributed by atoms with Crippen molar-refractivity contribution in [1.82, 2.24) is 15.2 Å². The first kappa shape index (κ1) is 17.2. The zero-order valence-electron chi connectivity index (χ0n) is 13.8. The van der Waals surface area contributed by atoms with Gasteiger partial charge in [-0.2, -0.15) is 5.10 Å². The molecule has 0 aliphatic carbocycles. The third-order valence-corrected chi connectivity index (χ3v) is 4.63. The van der Waals surface area contributed by atoms with Crippen LogP contribution in [0.3, 0.4) is 0 Å². The van der Waals surface area contributed by atoms with E-state index in [1.807, 2.05) is 19.2 Å². The third kappa shape index (κ3) is 3.75. The van der Waals surface area contributed by atoms with E-state index in [1.54, 1.807) is 24.3 Å². The minimum absolute atomic E-state index is 0.0311. The fourth-order valence-electron chi connectivity index (χ4n) is 2.38. The Morgan fingerprint density at radius 1 is 1.32 bits per heavy atom. The Kier molecular flexibility index (Phi) is 5.20. The fourth-order valence-corrected chi connectivity index (χ4v) is 3.18. The molecule has 25 heavy (non-hydrogen) atoms. The first-order valence-corrected chi connectivity index (χ1v) is 8.68. The number of benzene rings is 1. The summed E-state index contributed by atoms with van der Waals surface area (Å²) in [4.78, 5) is 28.5. The van der Waals surface area contributed by atoms with E-state index in [4.69, 9.17) is 9.47 Å². The van der Waals surface area contributed by atoms with Crippen LogP contribution in [-0.2, 0) is 16.1 Å². The molecule has 0 radical (unpaired) electrons. The number of nitrogens with one attached hydrogen (secondary N) is 1. The molecule has 8 heteroatoms. The van der Waals surface area contributed by atoms with Crippen LogP contribution in [0.2, 0.25) is 0 Å². The molecule has 0 saturated heterocycles. The molecule has 0 saturated carbocycles. The van der Waals surface area contributed by atoms with Gasteiger partial charge in [-0.15, -0.1) is 11.3 Å². The Balaban J connectivity index is 1.74. The van der Waals surface area contributed by atoms with Crippen molar-refractivity contribution in [2.24, 2.45) is 0 Å². The molecule has 1 unspecified atom stereocenters. The van der Waals surface area contributed by atoms with Gasteiger partial charge in [0, 0.05) is 17.4 Å². The minimum atomic E-state index is -0.611. The topological polar surface area (TPSA) is 94.2 Å². The highest BCUT2D eigenvalue weighted by Gasteiger charge is 2.17. The van der Waals surface area contributed by atoms with Crippen LogP contribution in [0.5, 0.6) is 0 Å². The van der Waals surface area contributed by atoms with Gasteiger partial charge in [0.15, 0.2) is 5.69 Å². The summed E-state index contributed by atoms with van der Waals surface area (Å²) in [7, 11) is 0. The summed E-state index contributed by atoms with van der Waals surface area (Å²) in [6, 6.07) is 6.76. The second-order valence-corrected chi connectivity index (χ2v) is 6.19. The lowest BCUT2D eigenvalue weighted by atomic mass is 10.1. The molecule has 0 spiro atoms. The van der Waals surface area contributed by atoms with Crippen LogP contribution >= 0.6 is 11.3 Å². The maximum absolute atomic E-state index is 12.3. The van der Waals surface area contributed by atoms with E-state index in [0.29, 0.717) is 23.1 Å². The predicted octanol–water partition coefficient (Wildman–Crippen LogP) is 2.83. The number of esters is 1. The molecule has 3 rings (SSSR count). The summed E-state index contributed by atoms with van der Waals surface area (Å²) in [5, 5.41) is 9.66. The van der Waals surface area contributed by atoms with Gasteiger partial charge in [-0.25, -0.2) is 14.9 Å². The lowest BCUT2D eigenvalue weighted by molar-refractivity contribution is 0.0461. The Bertz CT molecular complexity index is 950. The normalized spacial score (nSPS) is 12.2. The van der Waals surface area contributed by atoms with Crippen LogP contribution in [0.4, 0.5) is 0 Å². The van der Waals surface area contributed by atoms with Crippen molar-refractivity contribution in [1.29, 1.82) is 0 Å². The van der Waals surface area contributed by atoms with Crippen molar-refractivity contribution in [3.8, 4) is 0 Å². The van der Waals surface area contributed by atoms with Crippen LogP contribution in [-0.4, -0.2) is 27.8 Å². The SMILES string of the molecule is CCOC(C)c1nc(COC(=O)c2n[nH]c(=O)c3ccccc23)cs1. The van der Waals surface area contributed by atoms with E-state index in [0.717, 1.165) is 5.01 Å². The minimum Gasteiger partial charge on any atom is -0.454 e. The smallest absolute Gasteiger partial charge is 0.359 e. The first-order chi connectivity index (χ1) is 12.1. The first-order valence-electron chi connectivity index (χ1n) is 7.80. The van der Waals surface area contributed by atoms with Crippen LogP contribution in [0.15, 0.2) is 34.4 Å². The molecule has 0 bridgehead atoms. The summed E-state index contributed by atoms with van der Waals surface area (Å²) in [5.74, 6) is -0.611. The molecular formula is C17H17N3O4S. The molecule has 1 atom stereocenters. The highest BCUT2D eigenvalue weighted by atomic mass is 32.1. The van der Waals surface area contributed by atoms with Gasteiger partial charge in [0.05, 0.1) is 11.1 Å². The number of fused-ring (bicyclic) bond motifs is 1. The number of thiazole rings is 1. The lowest BCUT2D eigenvalue weighted by Gasteiger charge is -2.07. The van der Waals surface area contributed by atoms with Crippen molar-refractivity contribution in [3.05, 3.63) is 56.4 Å². The average Bonchev–Trinajstić information content (AvgIpc) is 3.10. The quantitative estimate of drug-likeness (QED) is 0.680. The largest absolute Gasteiger partial charge is 0.454 e. The summed E-state index contributed by atoms with van der Waals surface area (Å²) in [6.45, 7) is 4.49. The van der Waals surface area contributed by atoms with E-state index in [1.165, 1.54) is 11.3 Å². The molecular weight excluding hydrogens is 342 g/mol. The molecule has 0 amide bonds. The zero-order chi connectivity index (χ0) is 17.8. The van der Waals surface area contributed by atoms with Crippen molar-refractivity contribution in [2.75, 3.05) is 6.61 Å². The number of aromatic nitrogens is 3. The molecule has 3 aromatic rings. The van der Waals surface area contributed by atoms with Crippen molar-refractivity contribution in [2.45, 2.75) is 26.6 Å². The maximum Gasteiger partial charge on any atom is 0.359 e. The molecule has 1 N–H and O–H groups in total. The van der Waals surface area contributed by atoms with Crippen molar-refractivity contribution >= 4 is 28.1 Å². The Hall–Kier alpha value is -2.58. The van der Waals surface area contributed by atoms with E-state index in [9.17, 15) is 9.59 Å². The number of hydrogen-bond donors (Lipinski definition) is 1. The monoisotopic (exact) mass is 359 g/mol. The molecule has 2 aromatic heterocycles. The third-order valence-electron chi connectivity index (χ3n) is 3.57. The highest BCUT2D eigenvalue weighted by molar-refractivity contribution is 7.09. The van der Waals surface area contributed by atoms with Crippen molar-refractivity contribution in [3.63, 3.8) is 0 Å². The number of carbonyl (C=O) groups excluding carboxylic acids is 1. The molecule has 2 heterocycles. The summed E-state index contributed by atoms with van der Waals surface area (Å²) in [5.41, 5.74) is 0.378. The van der Waals surface area contributed by atoms with E-state index in [-0.39, 0.29) is 24.0 Å². The van der Waals surface area contributed by atoms with Gasteiger partial charge in [-0.3, -0.25) is 4.79 Å². The summed E-state index contributed by atoms with van der Waals surface area (Å²) < 4.78 is 10.8. The number of H-pyrrole nitrogens is 1. The lowest BCUT2D eigenvalue weighted by Crippen LogP contribution is -2.16. The summed E-state index contributed by atoms with van der Waals surface area (Å²) in [6.07, 6.45) is -0.0933. The molecule has 0 fully saturated rings. The van der Waals surface area contributed by atoms with Crippen molar-refractivity contribution < 1.29 is 14.3 Å². The fraction of sp³-hybridized carbons (Fsp3) is 0.294. The van der Waals surface area contributed by atoms with Gasteiger partial charge < -0.3 is 9.47 Å². The molecule has 130 valence electrons. The van der Waals surface area contributed by atoms with Gasteiger partial charge in [0.2, 0.25) is 0 Å². The predicted molar refractivity (Wildman–Crippen MR) is 93.6 cm³/mol. The van der Waals surface area contributed by atoms with Crippen LogP contribution < -0.4 is 5.56 Å². The Morgan fingerprint density at radius 2 is 2.08 bits per heavy atom. The van der Waals surface area contributed by atoms with Crippen LogP contribution in [0.1, 0.15) is 41.1 Å². The van der Waals surface area contributed by atoms with Gasteiger partial charge >= 0.3 is 5.97 Å². The second-order valence-electron chi connectivity index (χ2n) is 5.30. The van der Waals surface area contributed by atoms with E-state index >= 15 is 0 Å². The number of rotatable bonds is 6. The highest BCUT2D eigenvalue weighted by Crippen LogP contribution is 2.22. The summed E-state index contributed by atoms with van der Waals surface area (Å²) >= 11 is 1.46. The molecule has 1 aromatic carbocycles. The standard InChI is InChI=1S/C17H17N3O4S/c1-3-23-10(2)16-18-11(9-25-16)8-24-17(22)14-12-6-4-5-7-13(12)15(21)20-19-14/h4-7,9-10H,3,8H2,1-2H3,(H,20,21). The number of carbonyl (C=O) groups is 1. The van der Waals surface area contributed by atoms with Gasteiger partial charge in [-0.05, 0) is 19.9 Å². The molecule has 0 aliphatic rings. The maximum atomic E-state index is 12.3.